The van der Waals surface area contributed by atoms with E-state index < -0.39 is 0 Å². The van der Waals surface area contributed by atoms with Crippen LogP contribution in [0.15, 0.2) is 18.2 Å². The first-order valence-corrected chi connectivity index (χ1v) is 8.74. The zero-order valence-corrected chi connectivity index (χ0v) is 14.3. The van der Waals surface area contributed by atoms with Gasteiger partial charge in [-0.1, -0.05) is 25.8 Å². The van der Waals surface area contributed by atoms with Gasteiger partial charge in [-0.15, -0.1) is 0 Å². The molecule has 2 rings (SSSR count). The molecule has 2 amide bonds. The van der Waals surface area contributed by atoms with Crippen LogP contribution in [0.4, 0.5) is 9.18 Å². The topological polar surface area (TPSA) is 61.8 Å². The van der Waals surface area contributed by atoms with Crippen LogP contribution in [0.3, 0.4) is 0 Å². The predicted octanol–water partition coefficient (Wildman–Crippen LogP) is 3.23. The van der Waals surface area contributed by atoms with Crippen molar-refractivity contribution in [1.82, 2.24) is 10.2 Å². The van der Waals surface area contributed by atoms with Crippen LogP contribution in [-0.4, -0.2) is 42.3 Å². The van der Waals surface area contributed by atoms with Gasteiger partial charge in [0.1, 0.15) is 11.6 Å². The number of ether oxygens (including phenoxy) is 1. The van der Waals surface area contributed by atoms with Gasteiger partial charge in [0.25, 0.3) is 0 Å². The molecule has 0 aliphatic carbocycles. The number of carbonyl (C=O) groups is 1. The highest BCUT2D eigenvalue weighted by Crippen LogP contribution is 2.32. The van der Waals surface area contributed by atoms with Crippen molar-refractivity contribution in [2.24, 2.45) is 0 Å². The molecule has 1 heterocycles. The fraction of sp³-hybridized carbons (Fsp3) is 0.611. The van der Waals surface area contributed by atoms with Gasteiger partial charge in [0.15, 0.2) is 0 Å². The minimum Gasteiger partial charge on any atom is -0.493 e. The fourth-order valence-corrected chi connectivity index (χ4v) is 2.92. The van der Waals surface area contributed by atoms with Gasteiger partial charge < -0.3 is 20.1 Å². The summed E-state index contributed by atoms with van der Waals surface area (Å²) >= 11 is 0. The van der Waals surface area contributed by atoms with E-state index in [4.69, 9.17) is 4.74 Å². The second-order valence-electron chi connectivity index (χ2n) is 6.09. The van der Waals surface area contributed by atoms with Crippen molar-refractivity contribution in [3.8, 4) is 5.75 Å². The first-order chi connectivity index (χ1) is 11.7. The average Bonchev–Trinajstić information content (AvgIpc) is 2.76. The van der Waals surface area contributed by atoms with Crippen molar-refractivity contribution in [3.63, 3.8) is 0 Å². The number of aliphatic hydroxyl groups excluding tert-OH is 1. The van der Waals surface area contributed by atoms with Gasteiger partial charge in [-0.05, 0) is 25.3 Å². The molecule has 0 saturated carbocycles. The van der Waals surface area contributed by atoms with E-state index in [1.54, 1.807) is 11.0 Å². The van der Waals surface area contributed by atoms with Crippen molar-refractivity contribution in [3.05, 3.63) is 29.6 Å². The van der Waals surface area contributed by atoms with Gasteiger partial charge in [-0.2, -0.15) is 0 Å². The summed E-state index contributed by atoms with van der Waals surface area (Å²) in [5.41, 5.74) is 0.805. The van der Waals surface area contributed by atoms with E-state index in [9.17, 15) is 14.3 Å². The number of nitrogens with one attached hydrogen (secondary N) is 1. The molecular formula is C18H27FN2O3. The van der Waals surface area contributed by atoms with Crippen molar-refractivity contribution in [2.75, 3.05) is 26.3 Å². The van der Waals surface area contributed by atoms with Crippen molar-refractivity contribution >= 4 is 6.03 Å². The summed E-state index contributed by atoms with van der Waals surface area (Å²) in [6.07, 6.45) is 4.57. The Balaban J connectivity index is 2.06. The minimum atomic E-state index is -0.345. The predicted molar refractivity (Wildman–Crippen MR) is 90.6 cm³/mol. The molecule has 6 heteroatoms. The van der Waals surface area contributed by atoms with Crippen molar-refractivity contribution < 1.29 is 19.0 Å². The summed E-state index contributed by atoms with van der Waals surface area (Å²) in [6, 6.07) is 4.03. The van der Waals surface area contributed by atoms with Crippen LogP contribution in [0, 0.1) is 5.82 Å². The Bertz CT molecular complexity index is 539. The van der Waals surface area contributed by atoms with Gasteiger partial charge in [0, 0.05) is 24.7 Å². The molecule has 1 aromatic rings. The summed E-state index contributed by atoms with van der Waals surface area (Å²) in [7, 11) is 0. The molecule has 5 nitrogen and oxygen atoms in total. The van der Waals surface area contributed by atoms with Crippen LogP contribution in [0.25, 0.3) is 0 Å². The van der Waals surface area contributed by atoms with Gasteiger partial charge in [-0.25, -0.2) is 9.18 Å². The highest BCUT2D eigenvalue weighted by Gasteiger charge is 2.24. The Morgan fingerprint density at radius 2 is 2.25 bits per heavy atom. The molecule has 1 aliphatic rings. The smallest absolute Gasteiger partial charge is 0.317 e. The number of urea groups is 1. The lowest BCUT2D eigenvalue weighted by molar-refractivity contribution is 0.172. The molecule has 1 aromatic carbocycles. The monoisotopic (exact) mass is 338 g/mol. The third-order valence-electron chi connectivity index (χ3n) is 4.23. The Morgan fingerprint density at radius 3 is 3.00 bits per heavy atom. The van der Waals surface area contributed by atoms with Gasteiger partial charge in [0.05, 0.1) is 19.3 Å². The summed E-state index contributed by atoms with van der Waals surface area (Å²) in [5, 5.41) is 12.2. The fourth-order valence-electron chi connectivity index (χ4n) is 2.92. The molecule has 0 bridgehead atoms. The van der Waals surface area contributed by atoms with Gasteiger partial charge in [0.2, 0.25) is 0 Å². The molecule has 0 aromatic heterocycles. The Kier molecular flexibility index (Phi) is 7.31. The number of nitrogens with zero attached hydrogens (tertiary/aromatic N) is 1. The summed E-state index contributed by atoms with van der Waals surface area (Å²) in [5.74, 6) is 0.152. The third kappa shape index (κ3) is 5.09. The number of unbranched alkanes of at least 4 members (excludes halogenated alkanes) is 2. The maximum atomic E-state index is 13.4. The number of carbonyl (C=O) groups excluding carboxylic acids is 1. The normalized spacial score (nSPS) is 16.7. The number of hydrogen-bond acceptors (Lipinski definition) is 3. The number of benzene rings is 1. The molecule has 24 heavy (non-hydrogen) atoms. The lowest BCUT2D eigenvalue weighted by Crippen LogP contribution is -2.43. The minimum absolute atomic E-state index is 0.0604. The molecule has 134 valence electrons. The maximum absolute atomic E-state index is 13.4. The summed E-state index contributed by atoms with van der Waals surface area (Å²) < 4.78 is 19.0. The molecule has 0 saturated heterocycles. The van der Waals surface area contributed by atoms with Gasteiger partial charge in [-0.3, -0.25) is 0 Å². The highest BCUT2D eigenvalue weighted by atomic mass is 19.1. The molecular weight excluding hydrogens is 311 g/mol. The molecule has 0 spiro atoms. The quantitative estimate of drug-likeness (QED) is 0.750. The Labute approximate surface area is 142 Å². The van der Waals surface area contributed by atoms with E-state index in [1.807, 2.05) is 0 Å². The SMILES string of the molecule is CCCCCN(CCO)C(=O)NC1CCCOc2cc(F)ccc21. The largest absolute Gasteiger partial charge is 0.493 e. The van der Waals surface area contributed by atoms with Gasteiger partial charge >= 0.3 is 6.03 Å². The van der Waals surface area contributed by atoms with E-state index in [-0.39, 0.29) is 24.5 Å². The third-order valence-corrected chi connectivity index (χ3v) is 4.23. The molecule has 1 atom stereocenters. The van der Waals surface area contributed by atoms with Crippen LogP contribution in [0.5, 0.6) is 5.75 Å². The first kappa shape index (κ1) is 18.5. The van der Waals surface area contributed by atoms with Crippen LogP contribution in [-0.2, 0) is 0 Å². The number of aliphatic hydroxyl groups is 1. The zero-order valence-electron chi connectivity index (χ0n) is 14.3. The number of fused-ring (bicyclic) bond motifs is 1. The van der Waals surface area contributed by atoms with E-state index in [2.05, 4.69) is 12.2 Å². The van der Waals surface area contributed by atoms with E-state index in [0.29, 0.717) is 25.4 Å². The second-order valence-corrected chi connectivity index (χ2v) is 6.09. The summed E-state index contributed by atoms with van der Waals surface area (Å²) in [6.45, 7) is 3.50. The van der Waals surface area contributed by atoms with Crippen LogP contribution < -0.4 is 10.1 Å². The Morgan fingerprint density at radius 1 is 1.42 bits per heavy atom. The van der Waals surface area contributed by atoms with E-state index in [0.717, 1.165) is 37.7 Å². The molecule has 0 radical (unpaired) electrons. The Hall–Kier alpha value is -1.82. The number of amides is 2. The first-order valence-electron chi connectivity index (χ1n) is 8.74. The summed E-state index contributed by atoms with van der Waals surface area (Å²) in [4.78, 5) is 14.2. The molecule has 0 fully saturated rings. The second kappa shape index (κ2) is 9.47. The molecule has 2 N–H and O–H groups in total. The standard InChI is InChI=1S/C18H27FN2O3/c1-2-3-4-9-21(10-11-22)18(23)20-16-6-5-12-24-17-13-14(19)7-8-15(16)17/h7-8,13,16,22H,2-6,9-12H2,1H3,(H,20,23). The van der Waals surface area contributed by atoms with Crippen LogP contribution in [0.2, 0.25) is 0 Å². The van der Waals surface area contributed by atoms with Crippen molar-refractivity contribution in [1.29, 1.82) is 0 Å². The number of rotatable bonds is 7. The van der Waals surface area contributed by atoms with E-state index >= 15 is 0 Å². The number of halogens is 1. The molecule has 1 unspecified atom stereocenters. The lowest BCUT2D eigenvalue weighted by atomic mass is 10.0. The lowest BCUT2D eigenvalue weighted by Gasteiger charge is -2.26. The number of hydrogen-bond donors (Lipinski definition) is 2. The molecule has 1 aliphatic heterocycles. The van der Waals surface area contributed by atoms with Crippen LogP contribution >= 0.6 is 0 Å². The highest BCUT2D eigenvalue weighted by molar-refractivity contribution is 5.75. The average molecular weight is 338 g/mol. The van der Waals surface area contributed by atoms with E-state index in [1.165, 1.54) is 12.1 Å². The van der Waals surface area contributed by atoms with Crippen molar-refractivity contribution in [2.45, 2.75) is 45.1 Å². The maximum Gasteiger partial charge on any atom is 0.317 e. The van der Waals surface area contributed by atoms with Crippen LogP contribution in [0.1, 0.15) is 50.6 Å². The zero-order chi connectivity index (χ0) is 17.4.